The van der Waals surface area contributed by atoms with E-state index in [1.807, 2.05) is 0 Å². The third-order valence-corrected chi connectivity index (χ3v) is 4.37. The molecule has 0 saturated carbocycles. The largest absolute Gasteiger partial charge is 0.0779 e. The Morgan fingerprint density at radius 2 is 1.58 bits per heavy atom. The standard InChI is InChI=1S/C11H18Si/c1-9-6-7-11(10(2)8-9)12(3,4)5/h6-8H,1-5H3. The summed E-state index contributed by atoms with van der Waals surface area (Å²) in [4.78, 5) is 0. The van der Waals surface area contributed by atoms with E-state index < -0.39 is 8.07 Å². The van der Waals surface area contributed by atoms with Crippen molar-refractivity contribution in [1.82, 2.24) is 0 Å². The molecule has 0 bridgehead atoms. The Morgan fingerprint density at radius 3 is 2.00 bits per heavy atom. The molecule has 0 aliphatic rings. The summed E-state index contributed by atoms with van der Waals surface area (Å²) >= 11 is 0. The Bertz CT molecular complexity index is 282. The van der Waals surface area contributed by atoms with Gasteiger partial charge in [0.15, 0.2) is 0 Å². The Labute approximate surface area is 76.6 Å². The van der Waals surface area contributed by atoms with Gasteiger partial charge in [0.1, 0.15) is 0 Å². The lowest BCUT2D eigenvalue weighted by atomic mass is 10.2. The average molecular weight is 178 g/mol. The van der Waals surface area contributed by atoms with E-state index in [2.05, 4.69) is 51.7 Å². The van der Waals surface area contributed by atoms with Crippen molar-refractivity contribution < 1.29 is 0 Å². The topological polar surface area (TPSA) is 0 Å². The minimum Gasteiger partial charge on any atom is -0.0656 e. The van der Waals surface area contributed by atoms with Gasteiger partial charge >= 0.3 is 0 Å². The van der Waals surface area contributed by atoms with Crippen LogP contribution in [0.25, 0.3) is 0 Å². The molecule has 0 spiro atoms. The van der Waals surface area contributed by atoms with Gasteiger partial charge in [0.25, 0.3) is 0 Å². The second-order valence-corrected chi connectivity index (χ2v) is 9.61. The molecule has 0 saturated heterocycles. The van der Waals surface area contributed by atoms with Gasteiger partial charge in [-0.15, -0.1) is 0 Å². The van der Waals surface area contributed by atoms with Crippen LogP contribution in [0.3, 0.4) is 0 Å². The fourth-order valence-corrected chi connectivity index (χ4v) is 3.49. The normalized spacial score (nSPS) is 11.8. The molecule has 0 nitrogen and oxygen atoms in total. The molecular formula is C11H18Si. The van der Waals surface area contributed by atoms with Gasteiger partial charge < -0.3 is 0 Å². The van der Waals surface area contributed by atoms with Crippen LogP contribution in [0.4, 0.5) is 0 Å². The third kappa shape index (κ3) is 1.98. The van der Waals surface area contributed by atoms with Gasteiger partial charge in [-0.25, -0.2) is 0 Å². The Morgan fingerprint density at radius 1 is 1.00 bits per heavy atom. The average Bonchev–Trinajstić information content (AvgIpc) is 1.83. The highest BCUT2D eigenvalue weighted by atomic mass is 28.3. The summed E-state index contributed by atoms with van der Waals surface area (Å²) in [6.45, 7) is 11.6. The van der Waals surface area contributed by atoms with Gasteiger partial charge in [-0.2, -0.15) is 0 Å². The summed E-state index contributed by atoms with van der Waals surface area (Å²) in [5.41, 5.74) is 2.84. The summed E-state index contributed by atoms with van der Waals surface area (Å²) in [6.07, 6.45) is 0. The zero-order chi connectivity index (χ0) is 9.35. The van der Waals surface area contributed by atoms with Crippen LogP contribution in [0.2, 0.25) is 19.6 Å². The minimum atomic E-state index is -1.10. The first-order valence-electron chi connectivity index (χ1n) is 4.49. The molecule has 1 aromatic rings. The van der Waals surface area contributed by atoms with E-state index in [1.54, 1.807) is 5.19 Å². The van der Waals surface area contributed by atoms with Crippen molar-refractivity contribution in [1.29, 1.82) is 0 Å². The van der Waals surface area contributed by atoms with Crippen LogP contribution in [0.15, 0.2) is 18.2 Å². The zero-order valence-corrected chi connectivity index (χ0v) is 9.73. The van der Waals surface area contributed by atoms with Crippen LogP contribution in [0.5, 0.6) is 0 Å². The molecule has 1 heteroatoms. The molecule has 0 aromatic heterocycles. The van der Waals surface area contributed by atoms with Crippen molar-refractivity contribution in [3.63, 3.8) is 0 Å². The highest BCUT2D eigenvalue weighted by Crippen LogP contribution is 2.08. The van der Waals surface area contributed by atoms with Crippen LogP contribution >= 0.6 is 0 Å². The molecule has 0 amide bonds. The van der Waals surface area contributed by atoms with Crippen LogP contribution < -0.4 is 5.19 Å². The number of aryl methyl sites for hydroxylation is 2. The number of hydrogen-bond acceptors (Lipinski definition) is 0. The first kappa shape index (κ1) is 9.52. The Kier molecular flexibility index (Phi) is 2.43. The van der Waals surface area contributed by atoms with E-state index in [9.17, 15) is 0 Å². The molecule has 1 aromatic carbocycles. The number of benzene rings is 1. The summed E-state index contributed by atoms with van der Waals surface area (Å²) in [5, 5.41) is 1.59. The molecule has 1 rings (SSSR count). The highest BCUT2D eigenvalue weighted by molar-refractivity contribution is 6.89. The molecule has 0 N–H and O–H groups in total. The fraction of sp³-hybridized carbons (Fsp3) is 0.455. The third-order valence-electron chi connectivity index (χ3n) is 2.19. The lowest BCUT2D eigenvalue weighted by Gasteiger charge is -2.19. The van der Waals surface area contributed by atoms with Crippen molar-refractivity contribution in [3.05, 3.63) is 29.3 Å². The van der Waals surface area contributed by atoms with E-state index in [-0.39, 0.29) is 0 Å². The van der Waals surface area contributed by atoms with Crippen LogP contribution in [-0.4, -0.2) is 8.07 Å². The van der Waals surface area contributed by atoms with E-state index in [0.717, 1.165) is 0 Å². The van der Waals surface area contributed by atoms with Crippen molar-refractivity contribution in [2.45, 2.75) is 33.5 Å². The molecule has 0 unspecified atom stereocenters. The van der Waals surface area contributed by atoms with Gasteiger partial charge in [0.2, 0.25) is 0 Å². The molecule has 0 aliphatic heterocycles. The van der Waals surface area contributed by atoms with Crippen molar-refractivity contribution >= 4 is 13.3 Å². The Hall–Kier alpha value is -0.563. The zero-order valence-electron chi connectivity index (χ0n) is 8.73. The predicted molar refractivity (Wildman–Crippen MR) is 58.9 cm³/mol. The van der Waals surface area contributed by atoms with Gasteiger partial charge in [-0.1, -0.05) is 54.2 Å². The molecule has 0 radical (unpaired) electrons. The van der Waals surface area contributed by atoms with Crippen molar-refractivity contribution in [2.75, 3.05) is 0 Å². The molecule has 0 atom stereocenters. The molecular weight excluding hydrogens is 160 g/mol. The van der Waals surface area contributed by atoms with Gasteiger partial charge in [-0.3, -0.25) is 0 Å². The maximum atomic E-state index is 2.39. The Balaban J connectivity index is 3.19. The SMILES string of the molecule is Cc1ccc([Si](C)(C)C)c(C)c1. The fourth-order valence-electron chi connectivity index (χ4n) is 1.66. The van der Waals surface area contributed by atoms with Crippen molar-refractivity contribution in [3.8, 4) is 0 Å². The molecule has 0 aliphatic carbocycles. The minimum absolute atomic E-state index is 1.10. The van der Waals surface area contributed by atoms with Gasteiger partial charge in [0.05, 0.1) is 8.07 Å². The van der Waals surface area contributed by atoms with E-state index in [1.165, 1.54) is 11.1 Å². The highest BCUT2D eigenvalue weighted by Gasteiger charge is 2.17. The summed E-state index contributed by atoms with van der Waals surface area (Å²) in [6, 6.07) is 6.81. The van der Waals surface area contributed by atoms with Crippen LogP contribution in [-0.2, 0) is 0 Å². The first-order chi connectivity index (χ1) is 5.41. The first-order valence-corrected chi connectivity index (χ1v) is 7.99. The summed E-state index contributed by atoms with van der Waals surface area (Å²) < 4.78 is 0. The quantitative estimate of drug-likeness (QED) is 0.580. The molecule has 66 valence electrons. The monoisotopic (exact) mass is 178 g/mol. The summed E-state index contributed by atoms with van der Waals surface area (Å²) in [7, 11) is -1.10. The van der Waals surface area contributed by atoms with Gasteiger partial charge in [0, 0.05) is 0 Å². The summed E-state index contributed by atoms with van der Waals surface area (Å²) in [5.74, 6) is 0. The molecule has 0 heterocycles. The maximum absolute atomic E-state index is 2.39. The van der Waals surface area contributed by atoms with E-state index in [0.29, 0.717) is 0 Å². The van der Waals surface area contributed by atoms with Gasteiger partial charge in [-0.05, 0) is 13.8 Å². The lowest BCUT2D eigenvalue weighted by Crippen LogP contribution is -2.39. The second kappa shape index (κ2) is 3.06. The number of rotatable bonds is 1. The molecule has 12 heavy (non-hydrogen) atoms. The second-order valence-electron chi connectivity index (χ2n) is 4.57. The maximum Gasteiger partial charge on any atom is 0.0779 e. The van der Waals surface area contributed by atoms with Crippen LogP contribution in [0, 0.1) is 13.8 Å². The van der Waals surface area contributed by atoms with Crippen LogP contribution in [0.1, 0.15) is 11.1 Å². The van der Waals surface area contributed by atoms with Crippen molar-refractivity contribution in [2.24, 2.45) is 0 Å². The lowest BCUT2D eigenvalue weighted by molar-refractivity contribution is 1.40. The number of hydrogen-bond donors (Lipinski definition) is 0. The molecule has 0 fully saturated rings. The van der Waals surface area contributed by atoms with E-state index >= 15 is 0 Å². The van der Waals surface area contributed by atoms with E-state index in [4.69, 9.17) is 0 Å². The smallest absolute Gasteiger partial charge is 0.0656 e. The predicted octanol–water partition coefficient (Wildman–Crippen LogP) is 2.85.